The molecule has 0 aromatic heterocycles. The molecule has 2 bridgehead atoms. The topological polar surface area (TPSA) is 54.9 Å². The van der Waals surface area contributed by atoms with Crippen LogP contribution in [0.15, 0.2) is 29.3 Å². The molecular formula is C18H28IN3O2. The molecule has 0 spiro atoms. The largest absolute Gasteiger partial charge is 0.489 e. The molecule has 0 amide bonds. The van der Waals surface area contributed by atoms with Gasteiger partial charge in [-0.2, -0.15) is 0 Å². The lowest BCUT2D eigenvalue weighted by atomic mass is 9.96. The third-order valence-corrected chi connectivity index (χ3v) is 4.54. The highest BCUT2D eigenvalue weighted by molar-refractivity contribution is 14.0. The summed E-state index contributed by atoms with van der Waals surface area (Å²) in [6.07, 6.45) is 4.30. The molecule has 2 saturated heterocycles. The van der Waals surface area contributed by atoms with Crippen molar-refractivity contribution in [3.63, 3.8) is 0 Å². The van der Waals surface area contributed by atoms with E-state index in [1.54, 1.807) is 7.05 Å². The van der Waals surface area contributed by atoms with Crippen LogP contribution >= 0.6 is 24.0 Å². The molecule has 1 aromatic rings. The zero-order chi connectivity index (χ0) is 16.2. The van der Waals surface area contributed by atoms with Gasteiger partial charge in [-0.1, -0.05) is 12.1 Å². The number of rotatable bonds is 5. The van der Waals surface area contributed by atoms with E-state index in [-0.39, 0.29) is 30.1 Å². The van der Waals surface area contributed by atoms with Gasteiger partial charge < -0.3 is 20.1 Å². The van der Waals surface area contributed by atoms with Crippen LogP contribution in [-0.4, -0.2) is 43.9 Å². The molecule has 4 atom stereocenters. The first-order valence-corrected chi connectivity index (χ1v) is 8.50. The van der Waals surface area contributed by atoms with E-state index >= 15 is 0 Å². The average Bonchev–Trinajstić information content (AvgIpc) is 3.14. The van der Waals surface area contributed by atoms with Crippen LogP contribution in [0.1, 0.15) is 31.7 Å². The van der Waals surface area contributed by atoms with Crippen molar-refractivity contribution < 1.29 is 9.47 Å². The predicted octanol–water partition coefficient (Wildman–Crippen LogP) is 2.87. The summed E-state index contributed by atoms with van der Waals surface area (Å²) >= 11 is 0. The number of ether oxygens (including phenoxy) is 2. The van der Waals surface area contributed by atoms with E-state index in [1.807, 2.05) is 12.1 Å². The number of aliphatic imine (C=N–C) groups is 1. The first kappa shape index (κ1) is 19.3. The number of aryl methyl sites for hydroxylation is 1. The van der Waals surface area contributed by atoms with Crippen molar-refractivity contribution in [2.24, 2.45) is 4.99 Å². The average molecular weight is 445 g/mol. The number of nitrogens with zero attached hydrogens (tertiary/aromatic N) is 1. The smallest absolute Gasteiger partial charge is 0.191 e. The van der Waals surface area contributed by atoms with Gasteiger partial charge in [0.05, 0.1) is 24.8 Å². The highest BCUT2D eigenvalue weighted by Crippen LogP contribution is 2.34. The van der Waals surface area contributed by atoms with Gasteiger partial charge in [-0.05, 0) is 50.8 Å². The lowest BCUT2D eigenvalue weighted by Crippen LogP contribution is -2.49. The summed E-state index contributed by atoms with van der Waals surface area (Å²) in [4.78, 5) is 4.31. The Bertz CT molecular complexity index is 567. The highest BCUT2D eigenvalue weighted by atomic mass is 127. The van der Waals surface area contributed by atoms with Crippen molar-refractivity contribution >= 4 is 29.9 Å². The molecule has 1 aromatic carbocycles. The van der Waals surface area contributed by atoms with Gasteiger partial charge in [-0.3, -0.25) is 4.99 Å². The third kappa shape index (κ3) is 4.99. The van der Waals surface area contributed by atoms with Gasteiger partial charge >= 0.3 is 0 Å². The molecular weight excluding hydrogens is 417 g/mol. The molecule has 0 radical (unpaired) electrons. The van der Waals surface area contributed by atoms with Gasteiger partial charge in [-0.25, -0.2) is 0 Å². The number of fused-ring (bicyclic) bond motifs is 2. The van der Waals surface area contributed by atoms with Gasteiger partial charge in [0.25, 0.3) is 0 Å². The first-order chi connectivity index (χ1) is 11.1. The Morgan fingerprint density at radius 1 is 1.42 bits per heavy atom. The summed E-state index contributed by atoms with van der Waals surface area (Å²) < 4.78 is 11.8. The number of hydrogen-bond donors (Lipinski definition) is 2. The van der Waals surface area contributed by atoms with Crippen LogP contribution in [0.5, 0.6) is 5.75 Å². The summed E-state index contributed by atoms with van der Waals surface area (Å²) in [6, 6.07) is 8.51. The van der Waals surface area contributed by atoms with Gasteiger partial charge in [0.2, 0.25) is 0 Å². The summed E-state index contributed by atoms with van der Waals surface area (Å²) in [7, 11) is 1.80. The molecule has 134 valence electrons. The lowest BCUT2D eigenvalue weighted by Gasteiger charge is -2.24. The molecule has 2 aliphatic heterocycles. The normalized spacial score (nSPS) is 26.6. The standard InChI is InChI=1S/C18H27N3O2.HI/c1-12-5-4-6-14(9-12)22-13(2)11-20-18(19-3)21-16-10-15-7-8-17(16)23-15;/h4-6,9,13,15-17H,7-8,10-11H2,1-3H3,(H2,19,20,21);1H. The summed E-state index contributed by atoms with van der Waals surface area (Å²) in [5.74, 6) is 1.73. The van der Waals surface area contributed by atoms with E-state index < -0.39 is 0 Å². The minimum atomic E-state index is 0. The molecule has 24 heavy (non-hydrogen) atoms. The molecule has 2 aliphatic rings. The molecule has 5 nitrogen and oxygen atoms in total. The fourth-order valence-corrected chi connectivity index (χ4v) is 3.36. The predicted molar refractivity (Wildman–Crippen MR) is 107 cm³/mol. The fraction of sp³-hybridized carbons (Fsp3) is 0.611. The fourth-order valence-electron chi connectivity index (χ4n) is 3.36. The van der Waals surface area contributed by atoms with Crippen LogP contribution in [0.2, 0.25) is 0 Å². The van der Waals surface area contributed by atoms with Crippen molar-refractivity contribution in [2.45, 2.75) is 57.5 Å². The minimum Gasteiger partial charge on any atom is -0.489 e. The minimum absolute atomic E-state index is 0. The Labute approximate surface area is 161 Å². The van der Waals surface area contributed by atoms with Crippen molar-refractivity contribution in [1.82, 2.24) is 10.6 Å². The van der Waals surface area contributed by atoms with Crippen molar-refractivity contribution in [2.75, 3.05) is 13.6 Å². The van der Waals surface area contributed by atoms with Gasteiger partial charge in [0, 0.05) is 7.05 Å². The Kier molecular flexibility index (Phi) is 7.16. The zero-order valence-electron chi connectivity index (χ0n) is 14.6. The van der Waals surface area contributed by atoms with Gasteiger partial charge in [0.1, 0.15) is 11.9 Å². The van der Waals surface area contributed by atoms with E-state index in [0.717, 1.165) is 24.6 Å². The summed E-state index contributed by atoms with van der Waals surface area (Å²) in [6.45, 7) is 4.83. The maximum absolute atomic E-state index is 5.94. The van der Waals surface area contributed by atoms with Crippen LogP contribution in [-0.2, 0) is 4.74 Å². The number of nitrogens with one attached hydrogen (secondary N) is 2. The molecule has 6 heteroatoms. The third-order valence-electron chi connectivity index (χ3n) is 4.54. The number of guanidine groups is 1. The Hall–Kier alpha value is -1.02. The van der Waals surface area contributed by atoms with E-state index in [9.17, 15) is 0 Å². The zero-order valence-corrected chi connectivity index (χ0v) is 16.9. The molecule has 4 unspecified atom stereocenters. The van der Waals surface area contributed by atoms with E-state index in [1.165, 1.54) is 12.0 Å². The quantitative estimate of drug-likeness (QED) is 0.416. The second-order valence-corrected chi connectivity index (χ2v) is 6.56. The van der Waals surface area contributed by atoms with E-state index in [2.05, 4.69) is 41.6 Å². The molecule has 3 rings (SSSR count). The van der Waals surface area contributed by atoms with Crippen molar-refractivity contribution in [3.8, 4) is 5.75 Å². The van der Waals surface area contributed by atoms with E-state index in [4.69, 9.17) is 9.47 Å². The van der Waals surface area contributed by atoms with Crippen molar-refractivity contribution in [1.29, 1.82) is 0 Å². The van der Waals surface area contributed by atoms with E-state index in [0.29, 0.717) is 24.8 Å². The Morgan fingerprint density at radius 2 is 2.25 bits per heavy atom. The first-order valence-electron chi connectivity index (χ1n) is 8.50. The number of benzene rings is 1. The maximum Gasteiger partial charge on any atom is 0.191 e. The number of halogens is 1. The SMILES string of the molecule is CN=C(NCC(C)Oc1cccc(C)c1)NC1CC2CCC1O2.I. The monoisotopic (exact) mass is 445 g/mol. The van der Waals surface area contributed by atoms with Crippen LogP contribution in [0, 0.1) is 6.92 Å². The van der Waals surface area contributed by atoms with Crippen LogP contribution in [0.3, 0.4) is 0 Å². The second-order valence-electron chi connectivity index (χ2n) is 6.56. The number of hydrogen-bond acceptors (Lipinski definition) is 3. The maximum atomic E-state index is 5.94. The van der Waals surface area contributed by atoms with Crippen LogP contribution in [0.4, 0.5) is 0 Å². The lowest BCUT2D eigenvalue weighted by molar-refractivity contribution is 0.0992. The molecule has 2 N–H and O–H groups in total. The van der Waals surface area contributed by atoms with Gasteiger partial charge in [-0.15, -0.1) is 24.0 Å². The van der Waals surface area contributed by atoms with Gasteiger partial charge in [0.15, 0.2) is 5.96 Å². The highest BCUT2D eigenvalue weighted by Gasteiger charge is 2.41. The molecule has 0 saturated carbocycles. The second kappa shape index (κ2) is 8.89. The summed E-state index contributed by atoms with van der Waals surface area (Å²) in [5, 5.41) is 6.83. The molecule has 0 aliphatic carbocycles. The van der Waals surface area contributed by atoms with Crippen molar-refractivity contribution in [3.05, 3.63) is 29.8 Å². The Balaban J connectivity index is 0.00000208. The Morgan fingerprint density at radius 3 is 2.88 bits per heavy atom. The van der Waals surface area contributed by atoms with Crippen LogP contribution < -0.4 is 15.4 Å². The van der Waals surface area contributed by atoms with Crippen LogP contribution in [0.25, 0.3) is 0 Å². The summed E-state index contributed by atoms with van der Waals surface area (Å²) in [5.41, 5.74) is 1.21. The molecule has 2 heterocycles. The molecule has 2 fully saturated rings.